The van der Waals surface area contributed by atoms with Crippen LogP contribution in [0.1, 0.15) is 43.5 Å². The molecule has 3 aliphatic heterocycles. The van der Waals surface area contributed by atoms with E-state index in [1.807, 2.05) is 60.5 Å². The van der Waals surface area contributed by atoms with Gasteiger partial charge in [0.05, 0.1) is 11.9 Å². The number of fused-ring (bicyclic) bond motifs is 4. The fraction of sp³-hybridized carbons (Fsp3) is 0.321. The maximum Gasteiger partial charge on any atom is 0.222 e. The van der Waals surface area contributed by atoms with Crippen LogP contribution in [0.2, 0.25) is 0 Å². The molecule has 3 fully saturated rings. The molecule has 0 spiro atoms. The van der Waals surface area contributed by atoms with Crippen molar-refractivity contribution in [2.45, 2.75) is 45.2 Å². The highest BCUT2D eigenvalue weighted by molar-refractivity contribution is 6.04. The molecule has 3 aliphatic rings. The van der Waals surface area contributed by atoms with Crippen LogP contribution in [-0.2, 0) is 4.79 Å². The zero-order valence-electron chi connectivity index (χ0n) is 21.0. The molecule has 2 unspecified atom stereocenters. The van der Waals surface area contributed by atoms with E-state index < -0.39 is 0 Å². The summed E-state index contributed by atoms with van der Waals surface area (Å²) in [7, 11) is 0. The van der Waals surface area contributed by atoms with Crippen LogP contribution in [0.25, 0.3) is 28.0 Å². The number of pyridine rings is 1. The Morgan fingerprint density at radius 1 is 1.00 bits per heavy atom. The van der Waals surface area contributed by atoms with Crippen molar-refractivity contribution >= 4 is 29.0 Å². The van der Waals surface area contributed by atoms with Crippen LogP contribution in [0, 0.1) is 0 Å². The molecular formula is C28H29N7O2. The van der Waals surface area contributed by atoms with Gasteiger partial charge < -0.3 is 15.5 Å². The van der Waals surface area contributed by atoms with Gasteiger partial charge in [-0.15, -0.1) is 0 Å². The lowest BCUT2D eigenvalue weighted by atomic mass is 9.90. The molecule has 2 N–H and O–H groups in total. The van der Waals surface area contributed by atoms with Gasteiger partial charge in [0.25, 0.3) is 0 Å². The van der Waals surface area contributed by atoms with Crippen molar-refractivity contribution in [2.75, 3.05) is 23.7 Å². The van der Waals surface area contributed by atoms with Gasteiger partial charge in [0, 0.05) is 54.5 Å². The first-order chi connectivity index (χ1) is 18.0. The van der Waals surface area contributed by atoms with Crippen molar-refractivity contribution in [1.29, 1.82) is 0 Å². The van der Waals surface area contributed by atoms with Gasteiger partial charge in [-0.25, -0.2) is 4.98 Å². The molecule has 0 aliphatic carbocycles. The van der Waals surface area contributed by atoms with Gasteiger partial charge in [-0.2, -0.15) is 9.61 Å². The third-order valence-electron chi connectivity index (χ3n) is 7.58. The van der Waals surface area contributed by atoms with Crippen LogP contribution < -0.4 is 10.6 Å². The van der Waals surface area contributed by atoms with Crippen molar-refractivity contribution in [3.8, 4) is 22.4 Å². The van der Waals surface area contributed by atoms with Gasteiger partial charge in [0.2, 0.25) is 5.91 Å². The summed E-state index contributed by atoms with van der Waals surface area (Å²) < 4.78 is 1.54. The number of piperazine rings is 1. The van der Waals surface area contributed by atoms with Gasteiger partial charge >= 0.3 is 0 Å². The molecule has 37 heavy (non-hydrogen) atoms. The van der Waals surface area contributed by atoms with Crippen LogP contribution in [0.5, 0.6) is 0 Å². The fourth-order valence-electron chi connectivity index (χ4n) is 5.68. The third kappa shape index (κ3) is 3.82. The van der Waals surface area contributed by atoms with Crippen molar-refractivity contribution < 1.29 is 9.59 Å². The van der Waals surface area contributed by atoms with Gasteiger partial charge in [-0.1, -0.05) is 43.3 Å². The van der Waals surface area contributed by atoms with Crippen LogP contribution in [0.15, 0.2) is 54.9 Å². The molecule has 4 aromatic rings. The zero-order valence-corrected chi connectivity index (χ0v) is 21.0. The van der Waals surface area contributed by atoms with Gasteiger partial charge in [-0.05, 0) is 25.8 Å². The lowest BCUT2D eigenvalue weighted by Gasteiger charge is -2.52. The minimum absolute atomic E-state index is 0.0890. The standard InChI is InChI=1S/C28H29N7O2/c1-3-24(37)33-15-21-11-10-20(33)16-34(21)28-25(17(2)36)26(29)35-27(32-28)22(14-31-35)19-9-12-23(30-13-19)18-7-5-4-6-8-18/h4-9,12-14,20-21H,3,10-11,15-16,29H2,1-2H3. The van der Waals surface area contributed by atoms with E-state index in [0.29, 0.717) is 36.5 Å². The van der Waals surface area contributed by atoms with E-state index in [4.69, 9.17) is 10.7 Å². The topological polar surface area (TPSA) is 110 Å². The minimum Gasteiger partial charge on any atom is -0.383 e. The van der Waals surface area contributed by atoms with Crippen molar-refractivity contribution in [3.63, 3.8) is 0 Å². The number of nitrogens with two attached hydrogens (primary N) is 1. The number of amides is 1. The Kier molecular flexibility index (Phi) is 5.62. The van der Waals surface area contributed by atoms with E-state index in [1.54, 1.807) is 6.20 Å². The molecule has 0 radical (unpaired) electrons. The summed E-state index contributed by atoms with van der Waals surface area (Å²) in [5.74, 6) is 0.867. The Bertz CT molecular complexity index is 1500. The van der Waals surface area contributed by atoms with Crippen LogP contribution in [0.3, 0.4) is 0 Å². The second kappa shape index (κ2) is 8.99. The molecule has 1 aromatic carbocycles. The van der Waals surface area contributed by atoms with Gasteiger partial charge in [0.1, 0.15) is 17.2 Å². The number of Topliss-reactive ketones (excluding diaryl/α,β-unsaturated/α-hetero) is 1. The van der Waals surface area contributed by atoms with Crippen LogP contribution in [0.4, 0.5) is 11.6 Å². The fourth-order valence-corrected chi connectivity index (χ4v) is 5.68. The third-order valence-corrected chi connectivity index (χ3v) is 7.58. The molecule has 3 aromatic heterocycles. The average Bonchev–Trinajstić information content (AvgIpc) is 3.37. The predicted molar refractivity (Wildman–Crippen MR) is 142 cm³/mol. The highest BCUT2D eigenvalue weighted by Gasteiger charge is 2.42. The average molecular weight is 496 g/mol. The lowest BCUT2D eigenvalue weighted by Crippen LogP contribution is -2.64. The molecule has 3 saturated heterocycles. The maximum atomic E-state index is 12.8. The van der Waals surface area contributed by atoms with E-state index in [1.165, 1.54) is 11.4 Å². The van der Waals surface area contributed by atoms with E-state index in [2.05, 4.69) is 15.0 Å². The Balaban J connectivity index is 1.42. The number of aromatic nitrogens is 4. The molecule has 2 bridgehead atoms. The number of carbonyl (C=O) groups excluding carboxylic acids is 2. The van der Waals surface area contributed by atoms with E-state index in [0.717, 1.165) is 35.2 Å². The quantitative estimate of drug-likeness (QED) is 0.419. The number of nitrogen functional groups attached to an aromatic ring is 1. The number of rotatable bonds is 5. The number of ketones is 1. The molecule has 1 amide bonds. The number of benzene rings is 1. The Labute approximate surface area is 214 Å². The largest absolute Gasteiger partial charge is 0.383 e. The Hall–Kier alpha value is -4.27. The SMILES string of the molecule is CCC(=O)N1CC2CCC1CN2c1nc2c(-c3ccc(-c4ccccc4)nc3)cnn2c(N)c1C(C)=O. The summed E-state index contributed by atoms with van der Waals surface area (Å²) >= 11 is 0. The minimum atomic E-state index is -0.157. The number of anilines is 2. The van der Waals surface area contributed by atoms with Crippen molar-refractivity contribution in [2.24, 2.45) is 0 Å². The van der Waals surface area contributed by atoms with Gasteiger partial charge in [0.15, 0.2) is 11.4 Å². The summed E-state index contributed by atoms with van der Waals surface area (Å²) in [6.45, 7) is 4.68. The first-order valence-corrected chi connectivity index (χ1v) is 12.7. The summed E-state index contributed by atoms with van der Waals surface area (Å²) in [6, 6.07) is 14.2. The predicted octanol–water partition coefficient (Wildman–Crippen LogP) is 3.83. The molecule has 9 nitrogen and oxygen atoms in total. The monoisotopic (exact) mass is 495 g/mol. The molecule has 0 saturated carbocycles. The number of hydrogen-bond acceptors (Lipinski definition) is 7. The molecule has 188 valence electrons. The second-order valence-electron chi connectivity index (χ2n) is 9.78. The highest BCUT2D eigenvalue weighted by atomic mass is 16.2. The van der Waals surface area contributed by atoms with Crippen molar-refractivity contribution in [3.05, 3.63) is 60.4 Å². The smallest absolute Gasteiger partial charge is 0.222 e. The highest BCUT2D eigenvalue weighted by Crippen LogP contribution is 2.37. The Morgan fingerprint density at radius 3 is 2.43 bits per heavy atom. The first kappa shape index (κ1) is 23.1. The number of carbonyl (C=O) groups is 2. The summed E-state index contributed by atoms with van der Waals surface area (Å²) in [6.07, 6.45) is 5.93. The lowest BCUT2D eigenvalue weighted by molar-refractivity contribution is -0.136. The van der Waals surface area contributed by atoms with E-state index in [9.17, 15) is 9.59 Å². The molecule has 7 rings (SSSR count). The van der Waals surface area contributed by atoms with Gasteiger partial charge in [-0.3, -0.25) is 14.6 Å². The van der Waals surface area contributed by atoms with Crippen molar-refractivity contribution in [1.82, 2.24) is 24.5 Å². The molecule has 6 heterocycles. The second-order valence-corrected chi connectivity index (χ2v) is 9.78. The van der Waals surface area contributed by atoms with Crippen LogP contribution >= 0.6 is 0 Å². The summed E-state index contributed by atoms with van der Waals surface area (Å²) in [5.41, 5.74) is 11.1. The maximum absolute atomic E-state index is 12.8. The number of hydrogen-bond donors (Lipinski definition) is 1. The number of piperidine rings is 2. The van der Waals surface area contributed by atoms with Crippen LogP contribution in [-0.4, -0.2) is 61.3 Å². The van der Waals surface area contributed by atoms with E-state index in [-0.39, 0.29) is 29.6 Å². The summed E-state index contributed by atoms with van der Waals surface area (Å²) in [4.78, 5) is 39.1. The Morgan fingerprint density at radius 2 is 1.78 bits per heavy atom. The summed E-state index contributed by atoms with van der Waals surface area (Å²) in [5, 5.41) is 4.48. The normalized spacial score (nSPS) is 19.0. The molecule has 9 heteroatoms. The molecular weight excluding hydrogens is 466 g/mol. The first-order valence-electron chi connectivity index (χ1n) is 12.7. The molecule has 2 atom stereocenters. The number of nitrogens with zero attached hydrogens (tertiary/aromatic N) is 6. The zero-order chi connectivity index (χ0) is 25.7. The van der Waals surface area contributed by atoms with E-state index >= 15 is 0 Å².